The van der Waals surface area contributed by atoms with Gasteiger partial charge < -0.3 is 14.5 Å². The lowest BCUT2D eigenvalue weighted by Crippen LogP contribution is -2.45. The fourth-order valence-corrected chi connectivity index (χ4v) is 3.51. The first-order valence-corrected chi connectivity index (χ1v) is 8.07. The molecule has 6 heteroatoms. The SMILES string of the molecule is Cc1cnc(N2CCOCC2)c2nc(N3CC(C)C3)c(C)n12. The molecule has 118 valence electrons. The average molecular weight is 301 g/mol. The van der Waals surface area contributed by atoms with Gasteiger partial charge in [0.2, 0.25) is 0 Å². The number of morpholine rings is 1. The van der Waals surface area contributed by atoms with E-state index in [1.54, 1.807) is 0 Å². The van der Waals surface area contributed by atoms with Gasteiger partial charge in [0, 0.05) is 38.1 Å². The summed E-state index contributed by atoms with van der Waals surface area (Å²) in [6.45, 7) is 12.0. The van der Waals surface area contributed by atoms with Gasteiger partial charge in [0.05, 0.1) is 18.9 Å². The zero-order valence-corrected chi connectivity index (χ0v) is 13.5. The summed E-state index contributed by atoms with van der Waals surface area (Å²) in [6, 6.07) is 0. The molecule has 2 aromatic heterocycles. The third kappa shape index (κ3) is 2.05. The van der Waals surface area contributed by atoms with E-state index in [1.165, 1.54) is 5.69 Å². The summed E-state index contributed by atoms with van der Waals surface area (Å²) in [5, 5.41) is 0. The topological polar surface area (TPSA) is 45.9 Å². The van der Waals surface area contributed by atoms with E-state index in [9.17, 15) is 0 Å². The summed E-state index contributed by atoms with van der Waals surface area (Å²) < 4.78 is 7.70. The van der Waals surface area contributed by atoms with Gasteiger partial charge in [-0.15, -0.1) is 0 Å². The van der Waals surface area contributed by atoms with Gasteiger partial charge in [-0.1, -0.05) is 6.92 Å². The van der Waals surface area contributed by atoms with E-state index in [1.807, 2.05) is 6.20 Å². The van der Waals surface area contributed by atoms with Crippen LogP contribution >= 0.6 is 0 Å². The van der Waals surface area contributed by atoms with Gasteiger partial charge >= 0.3 is 0 Å². The number of aryl methyl sites for hydroxylation is 2. The molecule has 0 aliphatic carbocycles. The van der Waals surface area contributed by atoms with E-state index in [-0.39, 0.29) is 0 Å². The summed E-state index contributed by atoms with van der Waals surface area (Å²) in [5.41, 5.74) is 3.34. The molecule has 6 nitrogen and oxygen atoms in total. The van der Waals surface area contributed by atoms with Gasteiger partial charge in [0.1, 0.15) is 0 Å². The first kappa shape index (κ1) is 13.8. The molecular weight excluding hydrogens is 278 g/mol. The van der Waals surface area contributed by atoms with Crippen molar-refractivity contribution in [2.75, 3.05) is 49.2 Å². The van der Waals surface area contributed by atoms with Crippen LogP contribution in [0, 0.1) is 19.8 Å². The van der Waals surface area contributed by atoms with Crippen molar-refractivity contribution >= 4 is 17.3 Å². The third-order valence-corrected chi connectivity index (χ3v) is 4.68. The van der Waals surface area contributed by atoms with Crippen LogP contribution < -0.4 is 9.80 Å². The normalized spacial score (nSPS) is 19.8. The van der Waals surface area contributed by atoms with Crippen LogP contribution in [0.3, 0.4) is 0 Å². The van der Waals surface area contributed by atoms with Gasteiger partial charge in [-0.25, -0.2) is 9.97 Å². The molecule has 22 heavy (non-hydrogen) atoms. The monoisotopic (exact) mass is 301 g/mol. The lowest BCUT2D eigenvalue weighted by atomic mass is 10.0. The number of nitrogens with zero attached hydrogens (tertiary/aromatic N) is 5. The van der Waals surface area contributed by atoms with Crippen LogP contribution in [0.25, 0.3) is 5.65 Å². The lowest BCUT2D eigenvalue weighted by molar-refractivity contribution is 0.122. The Morgan fingerprint density at radius 3 is 2.50 bits per heavy atom. The van der Waals surface area contributed by atoms with Crippen molar-refractivity contribution < 1.29 is 4.74 Å². The maximum atomic E-state index is 5.46. The number of hydrogen-bond acceptors (Lipinski definition) is 5. The molecule has 4 heterocycles. The summed E-state index contributed by atoms with van der Waals surface area (Å²) in [6.07, 6.45) is 1.95. The first-order valence-electron chi connectivity index (χ1n) is 8.07. The summed E-state index contributed by atoms with van der Waals surface area (Å²) >= 11 is 0. The molecule has 4 rings (SSSR count). The Morgan fingerprint density at radius 1 is 1.09 bits per heavy atom. The van der Waals surface area contributed by atoms with Gasteiger partial charge in [-0.3, -0.25) is 4.40 Å². The summed E-state index contributed by atoms with van der Waals surface area (Å²) in [4.78, 5) is 14.3. The standard InChI is InChI=1S/C16H23N5O/c1-11-9-20(10-11)14-13(3)21-12(2)8-17-15(16(21)18-14)19-4-6-22-7-5-19/h8,11H,4-7,9-10H2,1-3H3. The Labute approximate surface area is 130 Å². The number of anilines is 2. The Balaban J connectivity index is 1.81. The number of aromatic nitrogens is 3. The number of ether oxygens (including phenoxy) is 1. The molecule has 2 saturated heterocycles. The fraction of sp³-hybridized carbons (Fsp3) is 0.625. The van der Waals surface area contributed by atoms with Crippen LogP contribution in [0.4, 0.5) is 11.6 Å². The van der Waals surface area contributed by atoms with E-state index in [4.69, 9.17) is 9.72 Å². The molecular formula is C16H23N5O. The van der Waals surface area contributed by atoms with Crippen molar-refractivity contribution in [3.63, 3.8) is 0 Å². The molecule has 0 aromatic carbocycles. The zero-order valence-electron chi connectivity index (χ0n) is 13.5. The Bertz CT molecular complexity index is 698. The molecule has 2 aliphatic heterocycles. The van der Waals surface area contributed by atoms with Gasteiger partial charge in [-0.05, 0) is 19.8 Å². The molecule has 2 aliphatic rings. The largest absolute Gasteiger partial charge is 0.378 e. The first-order chi connectivity index (χ1) is 10.6. The number of hydrogen-bond donors (Lipinski definition) is 0. The predicted molar refractivity (Wildman–Crippen MR) is 86.9 cm³/mol. The highest BCUT2D eigenvalue weighted by atomic mass is 16.5. The maximum Gasteiger partial charge on any atom is 0.182 e. The smallest absolute Gasteiger partial charge is 0.182 e. The average Bonchev–Trinajstić information content (AvgIpc) is 2.84. The van der Waals surface area contributed by atoms with Crippen LogP contribution in [0.2, 0.25) is 0 Å². The second-order valence-electron chi connectivity index (χ2n) is 6.51. The Hall–Kier alpha value is -1.82. The summed E-state index contributed by atoms with van der Waals surface area (Å²) in [7, 11) is 0. The number of fused-ring (bicyclic) bond motifs is 1. The van der Waals surface area contributed by atoms with Crippen molar-refractivity contribution in [2.24, 2.45) is 5.92 Å². The van der Waals surface area contributed by atoms with Crippen molar-refractivity contribution in [1.82, 2.24) is 14.4 Å². The second kappa shape index (κ2) is 5.12. The quantitative estimate of drug-likeness (QED) is 0.844. The molecule has 0 atom stereocenters. The molecule has 0 bridgehead atoms. The molecule has 0 spiro atoms. The molecule has 0 saturated carbocycles. The van der Waals surface area contributed by atoms with Crippen molar-refractivity contribution in [3.05, 3.63) is 17.6 Å². The predicted octanol–water partition coefficient (Wildman–Crippen LogP) is 1.64. The van der Waals surface area contributed by atoms with Crippen LogP contribution in [0.15, 0.2) is 6.20 Å². The van der Waals surface area contributed by atoms with E-state index in [2.05, 4.69) is 40.0 Å². The minimum Gasteiger partial charge on any atom is -0.378 e. The molecule has 0 unspecified atom stereocenters. The van der Waals surface area contributed by atoms with E-state index in [0.717, 1.165) is 68.3 Å². The molecule has 0 amide bonds. The number of imidazole rings is 1. The zero-order chi connectivity index (χ0) is 15.3. The highest BCUT2D eigenvalue weighted by Crippen LogP contribution is 2.31. The lowest BCUT2D eigenvalue weighted by Gasteiger charge is -2.37. The fourth-order valence-electron chi connectivity index (χ4n) is 3.51. The van der Waals surface area contributed by atoms with Crippen molar-refractivity contribution in [3.8, 4) is 0 Å². The highest BCUT2D eigenvalue weighted by Gasteiger charge is 2.28. The molecule has 2 fully saturated rings. The molecule has 0 N–H and O–H groups in total. The van der Waals surface area contributed by atoms with E-state index in [0.29, 0.717) is 0 Å². The number of rotatable bonds is 2. The van der Waals surface area contributed by atoms with Crippen LogP contribution in [0.5, 0.6) is 0 Å². The van der Waals surface area contributed by atoms with Gasteiger partial charge in [-0.2, -0.15) is 0 Å². The third-order valence-electron chi connectivity index (χ3n) is 4.68. The highest BCUT2D eigenvalue weighted by molar-refractivity contribution is 5.70. The Kier molecular flexibility index (Phi) is 3.22. The van der Waals surface area contributed by atoms with Crippen LogP contribution in [-0.4, -0.2) is 53.8 Å². The maximum absolute atomic E-state index is 5.46. The van der Waals surface area contributed by atoms with E-state index < -0.39 is 0 Å². The van der Waals surface area contributed by atoms with E-state index >= 15 is 0 Å². The minimum atomic E-state index is 0.762. The summed E-state index contributed by atoms with van der Waals surface area (Å²) in [5.74, 6) is 2.86. The van der Waals surface area contributed by atoms with Crippen molar-refractivity contribution in [2.45, 2.75) is 20.8 Å². The Morgan fingerprint density at radius 2 is 1.82 bits per heavy atom. The van der Waals surface area contributed by atoms with Crippen molar-refractivity contribution in [1.29, 1.82) is 0 Å². The minimum absolute atomic E-state index is 0.762. The van der Waals surface area contributed by atoms with Gasteiger partial charge in [0.25, 0.3) is 0 Å². The molecule has 0 radical (unpaired) electrons. The van der Waals surface area contributed by atoms with Crippen LogP contribution in [-0.2, 0) is 4.74 Å². The van der Waals surface area contributed by atoms with Gasteiger partial charge in [0.15, 0.2) is 17.3 Å². The van der Waals surface area contributed by atoms with Crippen LogP contribution in [0.1, 0.15) is 18.3 Å². The second-order valence-corrected chi connectivity index (χ2v) is 6.51. The molecule has 2 aromatic rings.